The molecule has 14 heavy (non-hydrogen) atoms. The summed E-state index contributed by atoms with van der Waals surface area (Å²) in [5.41, 5.74) is 0.944. The fraction of sp³-hybridized carbons (Fsp3) is 0.364. The SMILES string of the molecule is CCC(=Nc1ccc(Cl)cc1)N(C)C. The molecule has 76 valence electrons. The first-order valence-electron chi connectivity index (χ1n) is 4.64. The lowest BCUT2D eigenvalue weighted by molar-refractivity contribution is 0.608. The van der Waals surface area contributed by atoms with Crippen molar-refractivity contribution in [2.45, 2.75) is 13.3 Å². The van der Waals surface area contributed by atoms with Crippen LogP contribution in [0.25, 0.3) is 0 Å². The lowest BCUT2D eigenvalue weighted by Gasteiger charge is -2.13. The predicted molar refractivity (Wildman–Crippen MR) is 62.5 cm³/mol. The monoisotopic (exact) mass is 210 g/mol. The molecule has 0 radical (unpaired) electrons. The van der Waals surface area contributed by atoms with Crippen molar-refractivity contribution in [1.82, 2.24) is 4.90 Å². The quantitative estimate of drug-likeness (QED) is 0.540. The van der Waals surface area contributed by atoms with Crippen molar-refractivity contribution >= 4 is 23.1 Å². The summed E-state index contributed by atoms with van der Waals surface area (Å²) in [6.07, 6.45) is 0.926. The molecule has 1 aromatic carbocycles. The zero-order valence-electron chi connectivity index (χ0n) is 8.79. The number of hydrogen-bond donors (Lipinski definition) is 0. The molecule has 0 aliphatic carbocycles. The minimum Gasteiger partial charge on any atom is -0.366 e. The second kappa shape index (κ2) is 5.01. The Morgan fingerprint density at radius 3 is 2.29 bits per heavy atom. The molecule has 0 spiro atoms. The van der Waals surface area contributed by atoms with Gasteiger partial charge in [0.1, 0.15) is 5.84 Å². The van der Waals surface area contributed by atoms with Gasteiger partial charge in [-0.15, -0.1) is 0 Å². The van der Waals surface area contributed by atoms with Crippen LogP contribution in [-0.4, -0.2) is 24.8 Å². The van der Waals surface area contributed by atoms with Gasteiger partial charge in [-0.05, 0) is 24.3 Å². The molecule has 0 fully saturated rings. The van der Waals surface area contributed by atoms with Crippen LogP contribution in [0.5, 0.6) is 0 Å². The normalized spacial score (nSPS) is 11.6. The van der Waals surface area contributed by atoms with Gasteiger partial charge in [0.15, 0.2) is 0 Å². The molecular formula is C11H15ClN2. The molecule has 0 atom stereocenters. The van der Waals surface area contributed by atoms with E-state index < -0.39 is 0 Å². The number of hydrogen-bond acceptors (Lipinski definition) is 1. The smallest absolute Gasteiger partial charge is 0.104 e. The molecule has 2 nitrogen and oxygen atoms in total. The molecule has 0 bridgehead atoms. The average Bonchev–Trinajstić information content (AvgIpc) is 2.16. The molecule has 0 unspecified atom stereocenters. The van der Waals surface area contributed by atoms with Gasteiger partial charge in [-0.3, -0.25) is 0 Å². The third-order valence-electron chi connectivity index (χ3n) is 1.92. The fourth-order valence-electron chi connectivity index (χ4n) is 1.16. The van der Waals surface area contributed by atoms with E-state index >= 15 is 0 Å². The van der Waals surface area contributed by atoms with Crippen molar-refractivity contribution in [3.05, 3.63) is 29.3 Å². The highest BCUT2D eigenvalue weighted by Gasteiger charge is 1.98. The lowest BCUT2D eigenvalue weighted by Crippen LogP contribution is -2.20. The highest BCUT2D eigenvalue weighted by Crippen LogP contribution is 2.17. The molecule has 0 heterocycles. The molecule has 0 amide bonds. The fourth-order valence-corrected chi connectivity index (χ4v) is 1.29. The Balaban J connectivity index is 2.89. The Morgan fingerprint density at radius 2 is 1.86 bits per heavy atom. The van der Waals surface area contributed by atoms with E-state index in [4.69, 9.17) is 11.6 Å². The third kappa shape index (κ3) is 3.04. The van der Waals surface area contributed by atoms with Crippen LogP contribution >= 0.6 is 11.6 Å². The van der Waals surface area contributed by atoms with Gasteiger partial charge in [0.05, 0.1) is 5.69 Å². The van der Waals surface area contributed by atoms with Gasteiger partial charge in [-0.1, -0.05) is 18.5 Å². The Hall–Kier alpha value is -1.02. The molecule has 0 aromatic heterocycles. The van der Waals surface area contributed by atoms with Gasteiger partial charge in [0.25, 0.3) is 0 Å². The van der Waals surface area contributed by atoms with Crippen molar-refractivity contribution in [1.29, 1.82) is 0 Å². The van der Waals surface area contributed by atoms with E-state index in [9.17, 15) is 0 Å². The highest BCUT2D eigenvalue weighted by molar-refractivity contribution is 6.30. The summed E-state index contributed by atoms with van der Waals surface area (Å²) in [6.45, 7) is 2.09. The molecule has 0 aliphatic heterocycles. The van der Waals surface area contributed by atoms with Crippen molar-refractivity contribution in [2.24, 2.45) is 4.99 Å². The summed E-state index contributed by atoms with van der Waals surface area (Å²) in [4.78, 5) is 6.52. The van der Waals surface area contributed by atoms with Crippen molar-refractivity contribution < 1.29 is 0 Å². The Bertz CT molecular complexity index is 315. The predicted octanol–water partition coefficient (Wildman–Crippen LogP) is 3.34. The minimum atomic E-state index is 0.742. The van der Waals surface area contributed by atoms with Gasteiger partial charge < -0.3 is 4.90 Å². The molecule has 1 aromatic rings. The molecule has 3 heteroatoms. The molecule has 0 N–H and O–H groups in total. The van der Waals surface area contributed by atoms with Gasteiger partial charge in [-0.25, -0.2) is 4.99 Å². The van der Waals surface area contributed by atoms with E-state index in [1.807, 2.05) is 43.3 Å². The van der Waals surface area contributed by atoms with Crippen LogP contribution in [0.3, 0.4) is 0 Å². The maximum Gasteiger partial charge on any atom is 0.104 e. The van der Waals surface area contributed by atoms with Crippen LogP contribution in [0.1, 0.15) is 13.3 Å². The van der Waals surface area contributed by atoms with Crippen molar-refractivity contribution in [2.75, 3.05) is 14.1 Å². The molecule has 0 aliphatic rings. The number of amidine groups is 1. The standard InChI is InChI=1S/C11H15ClN2/c1-4-11(14(2)3)13-10-7-5-9(12)6-8-10/h5-8H,4H2,1-3H3. The zero-order chi connectivity index (χ0) is 10.6. The minimum absolute atomic E-state index is 0.742. The number of nitrogens with zero attached hydrogens (tertiary/aromatic N) is 2. The van der Waals surface area contributed by atoms with Crippen LogP contribution in [-0.2, 0) is 0 Å². The summed E-state index contributed by atoms with van der Waals surface area (Å²) in [6, 6.07) is 7.54. The van der Waals surface area contributed by atoms with Crippen LogP contribution in [0, 0.1) is 0 Å². The van der Waals surface area contributed by atoms with E-state index in [0.717, 1.165) is 23.0 Å². The van der Waals surface area contributed by atoms with Crippen LogP contribution < -0.4 is 0 Å². The number of benzene rings is 1. The van der Waals surface area contributed by atoms with Crippen LogP contribution in [0.2, 0.25) is 5.02 Å². The lowest BCUT2D eigenvalue weighted by atomic mass is 10.3. The number of rotatable bonds is 2. The molecular weight excluding hydrogens is 196 g/mol. The first-order valence-corrected chi connectivity index (χ1v) is 5.01. The van der Waals surface area contributed by atoms with E-state index in [2.05, 4.69) is 11.9 Å². The van der Waals surface area contributed by atoms with Gasteiger partial charge >= 0.3 is 0 Å². The molecule has 0 saturated carbocycles. The van der Waals surface area contributed by atoms with Crippen molar-refractivity contribution in [3.63, 3.8) is 0 Å². The largest absolute Gasteiger partial charge is 0.366 e. The Morgan fingerprint density at radius 1 is 1.29 bits per heavy atom. The van der Waals surface area contributed by atoms with Crippen LogP contribution in [0.15, 0.2) is 29.3 Å². The third-order valence-corrected chi connectivity index (χ3v) is 2.17. The Labute approximate surface area is 90.2 Å². The topological polar surface area (TPSA) is 15.6 Å². The first-order chi connectivity index (χ1) is 6.63. The van der Waals surface area contributed by atoms with E-state index in [-0.39, 0.29) is 0 Å². The average molecular weight is 211 g/mol. The summed E-state index contributed by atoms with van der Waals surface area (Å²) in [5, 5.41) is 0.742. The van der Waals surface area contributed by atoms with Gasteiger partial charge in [0, 0.05) is 25.5 Å². The van der Waals surface area contributed by atoms with Crippen LogP contribution in [0.4, 0.5) is 5.69 Å². The maximum atomic E-state index is 5.79. The summed E-state index contributed by atoms with van der Waals surface area (Å²) < 4.78 is 0. The molecule has 1 rings (SSSR count). The maximum absolute atomic E-state index is 5.79. The Kier molecular flexibility index (Phi) is 3.96. The second-order valence-electron chi connectivity index (χ2n) is 3.25. The second-order valence-corrected chi connectivity index (χ2v) is 3.69. The summed E-state index contributed by atoms with van der Waals surface area (Å²) in [7, 11) is 4.00. The molecule has 0 saturated heterocycles. The number of aliphatic imine (C=N–C) groups is 1. The van der Waals surface area contributed by atoms with E-state index in [1.165, 1.54) is 0 Å². The summed E-state index contributed by atoms with van der Waals surface area (Å²) in [5.74, 6) is 1.06. The van der Waals surface area contributed by atoms with Gasteiger partial charge in [-0.2, -0.15) is 0 Å². The van der Waals surface area contributed by atoms with Crippen molar-refractivity contribution in [3.8, 4) is 0 Å². The van der Waals surface area contributed by atoms with Gasteiger partial charge in [0.2, 0.25) is 0 Å². The highest BCUT2D eigenvalue weighted by atomic mass is 35.5. The van der Waals surface area contributed by atoms with E-state index in [0.29, 0.717) is 0 Å². The summed E-state index contributed by atoms with van der Waals surface area (Å²) >= 11 is 5.79. The zero-order valence-corrected chi connectivity index (χ0v) is 9.54. The number of halogens is 1. The van der Waals surface area contributed by atoms with E-state index in [1.54, 1.807) is 0 Å². The first kappa shape index (κ1) is 11.1.